The van der Waals surface area contributed by atoms with Crippen molar-refractivity contribution in [2.24, 2.45) is 4.99 Å². The number of nitrogens with zero attached hydrogens (tertiary/aromatic N) is 3. The molecule has 0 aliphatic rings. The molecule has 0 aliphatic heterocycles. The number of ether oxygens (including phenoxy) is 1. The molecule has 1 amide bonds. The van der Waals surface area contributed by atoms with Gasteiger partial charge in [0.25, 0.3) is 11.6 Å². The van der Waals surface area contributed by atoms with E-state index < -0.39 is 10.8 Å². The fraction of sp³-hybridized carbons (Fsp3) is 0.222. The molecule has 0 atom stereocenters. The fourth-order valence-electron chi connectivity index (χ4n) is 2.54. The Bertz CT molecular complexity index is 1030. The molecule has 0 unspecified atom stereocenters. The molecule has 7 nitrogen and oxygen atoms in total. The molecule has 0 spiro atoms. The van der Waals surface area contributed by atoms with Crippen LogP contribution in [-0.2, 0) is 11.3 Å². The van der Waals surface area contributed by atoms with Gasteiger partial charge < -0.3 is 9.30 Å². The van der Waals surface area contributed by atoms with Crippen LogP contribution in [0.1, 0.15) is 15.9 Å². The zero-order valence-electron chi connectivity index (χ0n) is 14.3. The highest BCUT2D eigenvalue weighted by Gasteiger charge is 2.11. The van der Waals surface area contributed by atoms with Crippen molar-refractivity contribution in [3.63, 3.8) is 0 Å². The van der Waals surface area contributed by atoms with E-state index in [-0.39, 0.29) is 5.69 Å². The lowest BCUT2D eigenvalue weighted by Crippen LogP contribution is -2.19. The number of benzene rings is 2. The second kappa shape index (κ2) is 7.59. The zero-order valence-corrected chi connectivity index (χ0v) is 15.2. The molecule has 0 aliphatic carbocycles. The van der Waals surface area contributed by atoms with Crippen molar-refractivity contribution in [1.82, 2.24) is 4.57 Å². The molecular formula is C18H17N3O4S. The maximum Gasteiger partial charge on any atom is 0.279 e. The van der Waals surface area contributed by atoms with Crippen molar-refractivity contribution in [2.45, 2.75) is 13.5 Å². The Balaban J connectivity index is 2.04. The van der Waals surface area contributed by atoms with E-state index in [2.05, 4.69) is 11.1 Å². The number of aromatic nitrogens is 1. The van der Waals surface area contributed by atoms with Crippen molar-refractivity contribution in [1.29, 1.82) is 0 Å². The van der Waals surface area contributed by atoms with E-state index in [0.717, 1.165) is 15.8 Å². The molecule has 3 aromatic rings. The van der Waals surface area contributed by atoms with Crippen molar-refractivity contribution in [2.75, 3.05) is 13.7 Å². The average molecular weight is 371 g/mol. The summed E-state index contributed by atoms with van der Waals surface area (Å²) in [6, 6.07) is 11.5. The van der Waals surface area contributed by atoms with Gasteiger partial charge in [-0.15, -0.1) is 0 Å². The number of methoxy groups -OCH3 is 1. The molecule has 1 aromatic heterocycles. The summed E-state index contributed by atoms with van der Waals surface area (Å²) in [7, 11) is 1.62. The summed E-state index contributed by atoms with van der Waals surface area (Å²) in [6.07, 6.45) is 0. The van der Waals surface area contributed by atoms with Crippen LogP contribution in [0.2, 0.25) is 0 Å². The molecule has 2 aromatic carbocycles. The highest BCUT2D eigenvalue weighted by atomic mass is 32.1. The van der Waals surface area contributed by atoms with Crippen molar-refractivity contribution in [3.8, 4) is 0 Å². The Labute approximate surface area is 153 Å². The number of fused-ring (bicyclic) bond motifs is 1. The van der Waals surface area contributed by atoms with Crippen LogP contribution in [0.25, 0.3) is 10.2 Å². The summed E-state index contributed by atoms with van der Waals surface area (Å²) in [5.41, 5.74) is 2.37. The fourth-order valence-corrected chi connectivity index (χ4v) is 3.69. The molecule has 0 radical (unpaired) electrons. The highest BCUT2D eigenvalue weighted by molar-refractivity contribution is 7.16. The molecule has 0 saturated heterocycles. The number of amides is 1. The molecule has 0 bridgehead atoms. The third-order valence-corrected chi connectivity index (χ3v) is 4.92. The predicted octanol–water partition coefficient (Wildman–Crippen LogP) is 3.31. The van der Waals surface area contributed by atoms with Gasteiger partial charge in [-0.05, 0) is 36.8 Å². The molecule has 1 heterocycles. The summed E-state index contributed by atoms with van der Waals surface area (Å²) in [5.74, 6) is -0.436. The van der Waals surface area contributed by atoms with Crippen LogP contribution in [0.4, 0.5) is 5.69 Å². The standard InChI is InChI=1S/C18H17N3O4S/c1-12-3-8-15-16(11-12)26-18(20(15)9-10-25-2)19-17(22)13-4-6-14(7-5-13)21(23)24/h3-8,11H,9-10H2,1-2H3. The van der Waals surface area contributed by atoms with Gasteiger partial charge in [0.1, 0.15) is 0 Å². The lowest BCUT2D eigenvalue weighted by molar-refractivity contribution is -0.384. The normalized spacial score (nSPS) is 11.8. The number of carbonyl (C=O) groups is 1. The summed E-state index contributed by atoms with van der Waals surface area (Å²) in [5, 5.41) is 10.7. The largest absolute Gasteiger partial charge is 0.383 e. The second-order valence-electron chi connectivity index (χ2n) is 5.72. The van der Waals surface area contributed by atoms with Gasteiger partial charge in [-0.3, -0.25) is 14.9 Å². The van der Waals surface area contributed by atoms with Gasteiger partial charge in [0, 0.05) is 31.4 Å². The third kappa shape index (κ3) is 3.71. The smallest absolute Gasteiger partial charge is 0.279 e. The first-order chi connectivity index (χ1) is 12.5. The van der Waals surface area contributed by atoms with Gasteiger partial charge in [0.05, 0.1) is 21.7 Å². The Kier molecular flexibility index (Phi) is 5.24. The first-order valence-electron chi connectivity index (χ1n) is 7.92. The van der Waals surface area contributed by atoms with Gasteiger partial charge in [-0.1, -0.05) is 17.4 Å². The monoisotopic (exact) mass is 371 g/mol. The zero-order chi connectivity index (χ0) is 18.7. The number of carbonyl (C=O) groups excluding carboxylic acids is 1. The van der Waals surface area contributed by atoms with E-state index in [1.807, 2.05) is 23.6 Å². The van der Waals surface area contributed by atoms with Crippen LogP contribution in [0, 0.1) is 17.0 Å². The molecule has 3 rings (SSSR count). The maximum absolute atomic E-state index is 12.5. The summed E-state index contributed by atoms with van der Waals surface area (Å²) >= 11 is 1.43. The summed E-state index contributed by atoms with van der Waals surface area (Å²) < 4.78 is 8.15. The number of hydrogen-bond acceptors (Lipinski definition) is 5. The van der Waals surface area contributed by atoms with Gasteiger partial charge in [0.15, 0.2) is 4.80 Å². The van der Waals surface area contributed by atoms with Crippen LogP contribution >= 0.6 is 11.3 Å². The molecule has 0 fully saturated rings. The van der Waals surface area contributed by atoms with Gasteiger partial charge >= 0.3 is 0 Å². The number of non-ortho nitro benzene ring substituents is 1. The number of nitro benzene ring substituents is 1. The van der Waals surface area contributed by atoms with Crippen LogP contribution in [0.3, 0.4) is 0 Å². The molecule has 134 valence electrons. The summed E-state index contributed by atoms with van der Waals surface area (Å²) in [4.78, 5) is 27.5. The number of thiazole rings is 1. The first kappa shape index (κ1) is 18.0. The number of hydrogen-bond donors (Lipinski definition) is 0. The topological polar surface area (TPSA) is 86.7 Å². The first-order valence-corrected chi connectivity index (χ1v) is 8.73. The quantitative estimate of drug-likeness (QED) is 0.508. The third-order valence-electron chi connectivity index (χ3n) is 3.88. The van der Waals surface area contributed by atoms with E-state index in [9.17, 15) is 14.9 Å². The van der Waals surface area contributed by atoms with Crippen LogP contribution in [0.5, 0.6) is 0 Å². The number of rotatable bonds is 5. The SMILES string of the molecule is COCCn1c(=NC(=O)c2ccc([N+](=O)[O-])cc2)sc2cc(C)ccc21. The highest BCUT2D eigenvalue weighted by Crippen LogP contribution is 2.19. The van der Waals surface area contributed by atoms with E-state index in [4.69, 9.17) is 4.74 Å². The van der Waals surface area contributed by atoms with Gasteiger partial charge in [-0.25, -0.2) is 0 Å². The maximum atomic E-state index is 12.5. The average Bonchev–Trinajstić information content (AvgIpc) is 2.95. The van der Waals surface area contributed by atoms with Crippen molar-refractivity contribution in [3.05, 3.63) is 68.5 Å². The lowest BCUT2D eigenvalue weighted by Gasteiger charge is -2.04. The minimum absolute atomic E-state index is 0.0611. The van der Waals surface area contributed by atoms with E-state index in [1.165, 1.54) is 35.6 Å². The molecule has 26 heavy (non-hydrogen) atoms. The van der Waals surface area contributed by atoms with E-state index in [0.29, 0.717) is 23.5 Å². The van der Waals surface area contributed by atoms with E-state index >= 15 is 0 Å². The van der Waals surface area contributed by atoms with Crippen molar-refractivity contribution >= 4 is 33.1 Å². The van der Waals surface area contributed by atoms with Crippen LogP contribution in [0.15, 0.2) is 47.5 Å². The van der Waals surface area contributed by atoms with Crippen LogP contribution < -0.4 is 4.80 Å². The predicted molar refractivity (Wildman–Crippen MR) is 99.4 cm³/mol. The van der Waals surface area contributed by atoms with Crippen LogP contribution in [-0.4, -0.2) is 29.1 Å². The van der Waals surface area contributed by atoms with Gasteiger partial charge in [-0.2, -0.15) is 4.99 Å². The molecule has 8 heteroatoms. The van der Waals surface area contributed by atoms with Gasteiger partial charge in [0.2, 0.25) is 0 Å². The minimum atomic E-state index is -0.502. The van der Waals surface area contributed by atoms with E-state index in [1.54, 1.807) is 7.11 Å². The number of aryl methyl sites for hydroxylation is 1. The lowest BCUT2D eigenvalue weighted by atomic mass is 10.2. The Morgan fingerprint density at radius 1 is 1.27 bits per heavy atom. The second-order valence-corrected chi connectivity index (χ2v) is 6.73. The Morgan fingerprint density at radius 2 is 2.00 bits per heavy atom. The molecule has 0 N–H and O–H groups in total. The Hall–Kier alpha value is -2.84. The van der Waals surface area contributed by atoms with Crippen molar-refractivity contribution < 1.29 is 14.5 Å². The Morgan fingerprint density at radius 3 is 2.65 bits per heavy atom. The number of nitro groups is 1. The molecular weight excluding hydrogens is 354 g/mol. The minimum Gasteiger partial charge on any atom is -0.383 e. The summed E-state index contributed by atoms with van der Waals surface area (Å²) in [6.45, 7) is 3.09. The molecule has 0 saturated carbocycles.